The van der Waals surface area contributed by atoms with E-state index in [1.54, 1.807) is 14.2 Å². The van der Waals surface area contributed by atoms with Crippen molar-refractivity contribution in [1.29, 1.82) is 0 Å². The van der Waals surface area contributed by atoms with Crippen LogP contribution in [-0.2, 0) is 9.59 Å². The first kappa shape index (κ1) is 30.3. The molecular formula is C31H45N5O4. The van der Waals surface area contributed by atoms with Gasteiger partial charge in [0.15, 0.2) is 0 Å². The molecule has 0 spiro atoms. The van der Waals surface area contributed by atoms with Crippen molar-refractivity contribution in [3.8, 4) is 11.6 Å². The summed E-state index contributed by atoms with van der Waals surface area (Å²) < 4.78 is 10.4. The van der Waals surface area contributed by atoms with Gasteiger partial charge < -0.3 is 29.9 Å². The molecule has 0 radical (unpaired) electrons. The number of rotatable bonds is 11. The van der Waals surface area contributed by atoms with E-state index >= 15 is 0 Å². The summed E-state index contributed by atoms with van der Waals surface area (Å²) in [4.78, 5) is 31.1. The highest BCUT2D eigenvalue weighted by atomic mass is 16.5. The number of nitrogens with one attached hydrogen (secondary N) is 2. The minimum Gasteiger partial charge on any atom is -0.497 e. The van der Waals surface area contributed by atoms with E-state index in [2.05, 4.69) is 50.5 Å². The van der Waals surface area contributed by atoms with Gasteiger partial charge in [0, 0.05) is 72.3 Å². The first-order valence-electron chi connectivity index (χ1n) is 13.6. The van der Waals surface area contributed by atoms with E-state index < -0.39 is 0 Å². The van der Waals surface area contributed by atoms with Crippen LogP contribution in [0.25, 0.3) is 0 Å². The first-order chi connectivity index (χ1) is 19.4. The van der Waals surface area contributed by atoms with Crippen molar-refractivity contribution in [3.05, 3.63) is 72.3 Å². The third-order valence-electron chi connectivity index (χ3n) is 6.60. The number of nitrogens with zero attached hydrogens (tertiary/aromatic N) is 3. The summed E-state index contributed by atoms with van der Waals surface area (Å²) in [5, 5.41) is 5.73. The zero-order valence-electron chi connectivity index (χ0n) is 24.1. The van der Waals surface area contributed by atoms with E-state index in [0.29, 0.717) is 37.9 Å². The fourth-order valence-corrected chi connectivity index (χ4v) is 4.48. The van der Waals surface area contributed by atoms with Crippen molar-refractivity contribution < 1.29 is 21.9 Å². The third-order valence-corrected chi connectivity index (χ3v) is 6.60. The largest absolute Gasteiger partial charge is 0.497 e. The lowest BCUT2D eigenvalue weighted by atomic mass is 10.1. The van der Waals surface area contributed by atoms with Crippen molar-refractivity contribution in [3.63, 3.8) is 0 Å². The van der Waals surface area contributed by atoms with Crippen molar-refractivity contribution in [2.24, 2.45) is 0 Å². The number of fused-ring (bicyclic) bond motifs is 1. The van der Waals surface area contributed by atoms with Gasteiger partial charge in [0.2, 0.25) is 17.7 Å². The molecule has 1 unspecified atom stereocenters. The maximum atomic E-state index is 11.4. The highest BCUT2D eigenvalue weighted by Gasteiger charge is 2.27. The summed E-state index contributed by atoms with van der Waals surface area (Å²) in [5.74, 6) is 2.98. The number of carbonyl (C=O) groups excluding carboxylic acids is 2. The molecule has 2 aromatic carbocycles. The molecule has 1 aliphatic heterocycles. The van der Waals surface area contributed by atoms with Crippen LogP contribution in [0.3, 0.4) is 0 Å². The molecule has 9 heteroatoms. The normalized spacial score (nSPS) is 13.4. The second-order valence-electron chi connectivity index (χ2n) is 9.49. The van der Waals surface area contributed by atoms with Gasteiger partial charge in [0.25, 0.3) is 0 Å². The molecule has 218 valence electrons. The quantitative estimate of drug-likeness (QED) is 0.346. The monoisotopic (exact) mass is 551 g/mol. The van der Waals surface area contributed by atoms with E-state index in [1.165, 1.54) is 12.5 Å². The Morgan fingerprint density at radius 1 is 0.975 bits per heavy atom. The Labute approximate surface area is 240 Å². The number of para-hydroxylation sites is 1. The van der Waals surface area contributed by atoms with Crippen molar-refractivity contribution >= 4 is 29.0 Å². The molecule has 3 aromatic rings. The molecule has 0 bridgehead atoms. The average molecular weight is 552 g/mol. The van der Waals surface area contributed by atoms with Gasteiger partial charge in [-0.05, 0) is 48.0 Å². The molecule has 0 saturated heterocycles. The topological polar surface area (TPSA) is 96.0 Å². The number of benzene rings is 2. The molecular weight excluding hydrogens is 506 g/mol. The standard InChI is InChI=1S/C18H22N2O2.C13H19N3O2.2H2/c1-3-18(21)19-13-14-20(15-7-5-4-6-8-15)16-9-11-17(22-2)12-10-16;1-9-8-16(7-6-14-10(2)17)13-11(9)4-5-12(15-13)18-3;;/h4-12H,3,13-14H2,1-2H3,(H,19,21);4-5,9H,6-8H2,1-3H3,(H,14,17);2*1H. The minimum absolute atomic E-state index is 0. The zero-order valence-corrected chi connectivity index (χ0v) is 24.1. The molecule has 40 heavy (non-hydrogen) atoms. The number of amides is 2. The summed E-state index contributed by atoms with van der Waals surface area (Å²) in [6.45, 7) is 9.24. The number of aromatic nitrogens is 1. The second kappa shape index (κ2) is 15.4. The van der Waals surface area contributed by atoms with Gasteiger partial charge in [-0.1, -0.05) is 32.0 Å². The molecule has 0 aliphatic carbocycles. The Kier molecular flexibility index (Phi) is 11.6. The molecule has 1 aromatic heterocycles. The molecule has 2 heterocycles. The predicted molar refractivity (Wildman–Crippen MR) is 164 cm³/mol. The SMILES string of the molecule is CCC(=O)NCCN(c1ccccc1)c1ccc(OC)cc1.COc1ccc2c(n1)N(CCNC(C)=O)CC2C.[HH].[HH]. The molecule has 2 N–H and O–H groups in total. The first-order valence-corrected chi connectivity index (χ1v) is 13.6. The van der Waals surface area contributed by atoms with E-state index in [-0.39, 0.29) is 14.7 Å². The molecule has 9 nitrogen and oxygen atoms in total. The lowest BCUT2D eigenvalue weighted by molar-refractivity contribution is -0.121. The maximum absolute atomic E-state index is 11.4. The number of hydrogen-bond acceptors (Lipinski definition) is 7. The van der Waals surface area contributed by atoms with E-state index in [1.807, 2.05) is 55.5 Å². The van der Waals surface area contributed by atoms with E-state index in [9.17, 15) is 9.59 Å². The third kappa shape index (κ3) is 8.62. The van der Waals surface area contributed by atoms with Crippen molar-refractivity contribution in [2.75, 3.05) is 56.7 Å². The number of methoxy groups -OCH3 is 2. The van der Waals surface area contributed by atoms with Gasteiger partial charge in [0.05, 0.1) is 14.2 Å². The van der Waals surface area contributed by atoms with Crippen LogP contribution in [0.5, 0.6) is 11.6 Å². The Morgan fingerprint density at radius 2 is 1.68 bits per heavy atom. The summed E-state index contributed by atoms with van der Waals surface area (Å²) in [5.41, 5.74) is 3.41. The highest BCUT2D eigenvalue weighted by molar-refractivity contribution is 5.75. The molecule has 4 rings (SSSR count). The van der Waals surface area contributed by atoms with Crippen LogP contribution >= 0.6 is 0 Å². The lowest BCUT2D eigenvalue weighted by Crippen LogP contribution is -2.33. The summed E-state index contributed by atoms with van der Waals surface area (Å²) in [7, 11) is 3.28. The van der Waals surface area contributed by atoms with Crippen molar-refractivity contribution in [1.82, 2.24) is 15.6 Å². The number of anilines is 3. The summed E-state index contributed by atoms with van der Waals surface area (Å²) >= 11 is 0. The Hall–Kier alpha value is -4.27. The van der Waals surface area contributed by atoms with E-state index in [4.69, 9.17) is 9.47 Å². The zero-order chi connectivity index (χ0) is 28.9. The van der Waals surface area contributed by atoms with Crippen LogP contribution < -0.4 is 29.9 Å². The number of carbonyl (C=O) groups is 2. The maximum Gasteiger partial charge on any atom is 0.219 e. The lowest BCUT2D eigenvalue weighted by Gasteiger charge is -2.25. The van der Waals surface area contributed by atoms with Gasteiger partial charge >= 0.3 is 0 Å². The van der Waals surface area contributed by atoms with Crippen LogP contribution in [0.4, 0.5) is 17.2 Å². The second-order valence-corrected chi connectivity index (χ2v) is 9.49. The van der Waals surface area contributed by atoms with Gasteiger partial charge in [-0.25, -0.2) is 0 Å². The molecule has 0 saturated carbocycles. The fourth-order valence-electron chi connectivity index (χ4n) is 4.48. The van der Waals surface area contributed by atoms with Crippen LogP contribution in [-0.4, -0.2) is 63.7 Å². The molecule has 2 amide bonds. The number of ether oxygens (including phenoxy) is 2. The van der Waals surface area contributed by atoms with Crippen LogP contribution in [0.1, 0.15) is 41.5 Å². The Morgan fingerprint density at radius 3 is 2.30 bits per heavy atom. The Balaban J connectivity index is 0.000000408. The average Bonchev–Trinajstić information content (AvgIpc) is 3.30. The summed E-state index contributed by atoms with van der Waals surface area (Å²) in [6, 6.07) is 22.0. The van der Waals surface area contributed by atoms with Gasteiger partial charge in [0.1, 0.15) is 11.6 Å². The van der Waals surface area contributed by atoms with Crippen molar-refractivity contribution in [2.45, 2.75) is 33.1 Å². The predicted octanol–water partition coefficient (Wildman–Crippen LogP) is 5.00. The van der Waals surface area contributed by atoms with Crippen LogP contribution in [0, 0.1) is 0 Å². The number of hydrogen-bond donors (Lipinski definition) is 2. The minimum atomic E-state index is 0. The van der Waals surface area contributed by atoms with Crippen LogP contribution in [0.2, 0.25) is 0 Å². The molecule has 0 fully saturated rings. The number of pyridine rings is 1. The Bertz CT molecular complexity index is 1230. The fraction of sp³-hybridized carbons (Fsp3) is 0.387. The van der Waals surface area contributed by atoms with Gasteiger partial charge in [-0.3, -0.25) is 9.59 Å². The smallest absolute Gasteiger partial charge is 0.219 e. The van der Waals surface area contributed by atoms with Gasteiger partial charge in [-0.15, -0.1) is 0 Å². The van der Waals surface area contributed by atoms with Gasteiger partial charge in [-0.2, -0.15) is 4.98 Å². The van der Waals surface area contributed by atoms with Crippen LogP contribution in [0.15, 0.2) is 66.7 Å². The van der Waals surface area contributed by atoms with E-state index in [0.717, 1.165) is 36.0 Å². The molecule has 1 atom stereocenters. The highest BCUT2D eigenvalue weighted by Crippen LogP contribution is 2.35. The molecule has 1 aliphatic rings. The summed E-state index contributed by atoms with van der Waals surface area (Å²) in [6.07, 6.45) is 0.508.